The van der Waals surface area contributed by atoms with Gasteiger partial charge >= 0.3 is 6.09 Å². The molecule has 2 heterocycles. The fraction of sp³-hybridized carbons (Fsp3) is 0.333. The third-order valence-corrected chi connectivity index (χ3v) is 2.20. The SMILES string of the molecule is N#Cc1ncn(CC2CNC(=O)O2)c1C#N. The maximum absolute atomic E-state index is 10.8. The van der Waals surface area contributed by atoms with E-state index in [1.165, 1.54) is 10.9 Å². The topological polar surface area (TPSA) is 104 Å². The number of carbonyl (C=O) groups is 1. The average Bonchev–Trinajstić information content (AvgIpc) is 2.85. The summed E-state index contributed by atoms with van der Waals surface area (Å²) in [6.07, 6.45) is 0.591. The van der Waals surface area contributed by atoms with Gasteiger partial charge in [0.15, 0.2) is 11.4 Å². The van der Waals surface area contributed by atoms with Gasteiger partial charge in [0.05, 0.1) is 19.4 Å². The lowest BCUT2D eigenvalue weighted by Crippen LogP contribution is -2.20. The Kier molecular flexibility index (Phi) is 2.44. The van der Waals surface area contributed by atoms with E-state index in [0.29, 0.717) is 13.1 Å². The molecule has 0 spiro atoms. The van der Waals surface area contributed by atoms with Crippen LogP contribution in [0.25, 0.3) is 0 Å². The summed E-state index contributed by atoms with van der Waals surface area (Å²) in [7, 11) is 0. The van der Waals surface area contributed by atoms with Crippen LogP contribution >= 0.6 is 0 Å². The Hall–Kier alpha value is -2.54. The molecule has 7 nitrogen and oxygen atoms in total. The molecule has 1 N–H and O–H groups in total. The Labute approximate surface area is 90.9 Å². The molecule has 1 aliphatic heterocycles. The Bertz CT molecular complexity index is 507. The smallest absolute Gasteiger partial charge is 0.407 e. The number of hydrogen-bond donors (Lipinski definition) is 1. The lowest BCUT2D eigenvalue weighted by Gasteiger charge is -2.08. The quantitative estimate of drug-likeness (QED) is 0.734. The van der Waals surface area contributed by atoms with Gasteiger partial charge in [0, 0.05) is 0 Å². The molecule has 1 saturated heterocycles. The van der Waals surface area contributed by atoms with Crippen molar-refractivity contribution in [3.63, 3.8) is 0 Å². The first kappa shape index (κ1) is 9.99. The maximum Gasteiger partial charge on any atom is 0.407 e. The highest BCUT2D eigenvalue weighted by atomic mass is 16.6. The summed E-state index contributed by atoms with van der Waals surface area (Å²) in [5.41, 5.74) is 0.269. The summed E-state index contributed by atoms with van der Waals surface area (Å²) in [5.74, 6) is 0. The number of rotatable bonds is 2. The van der Waals surface area contributed by atoms with E-state index < -0.39 is 6.09 Å². The number of cyclic esters (lactones) is 1. The van der Waals surface area contributed by atoms with Crippen LogP contribution in [0.3, 0.4) is 0 Å². The molecular weight excluding hydrogens is 210 g/mol. The zero-order valence-corrected chi connectivity index (χ0v) is 8.17. The summed E-state index contributed by atoms with van der Waals surface area (Å²) in [4.78, 5) is 14.6. The van der Waals surface area contributed by atoms with Gasteiger partial charge in [-0.05, 0) is 0 Å². The van der Waals surface area contributed by atoms with Gasteiger partial charge in [-0.3, -0.25) is 0 Å². The van der Waals surface area contributed by atoms with Gasteiger partial charge in [-0.25, -0.2) is 9.78 Å². The molecule has 80 valence electrons. The molecule has 0 radical (unpaired) electrons. The second-order valence-corrected chi connectivity index (χ2v) is 3.23. The molecular formula is C9H7N5O2. The molecule has 0 aromatic carbocycles. The lowest BCUT2D eigenvalue weighted by molar-refractivity contribution is 0.131. The third kappa shape index (κ3) is 1.66. The average molecular weight is 217 g/mol. The number of alkyl carbamates (subject to hydrolysis) is 1. The Morgan fingerprint density at radius 2 is 2.44 bits per heavy atom. The molecule has 1 aromatic rings. The summed E-state index contributed by atoms with van der Waals surface area (Å²) in [6, 6.07) is 3.72. The van der Waals surface area contributed by atoms with Gasteiger partial charge in [-0.1, -0.05) is 0 Å². The number of amides is 1. The van der Waals surface area contributed by atoms with Crippen LogP contribution in [0.2, 0.25) is 0 Å². The Morgan fingerprint density at radius 1 is 1.62 bits per heavy atom. The van der Waals surface area contributed by atoms with E-state index in [9.17, 15) is 4.79 Å². The molecule has 0 bridgehead atoms. The molecule has 1 aliphatic rings. The standard InChI is InChI=1S/C9H7N5O2/c10-1-7-8(2-11)14(5-13-7)4-6-3-12-9(15)16-6/h5-6H,3-4H2,(H,12,15). The number of aromatic nitrogens is 2. The number of nitrogens with zero attached hydrogens (tertiary/aromatic N) is 4. The van der Waals surface area contributed by atoms with Crippen molar-refractivity contribution in [2.75, 3.05) is 6.54 Å². The van der Waals surface area contributed by atoms with Crippen LogP contribution in [0.5, 0.6) is 0 Å². The number of hydrogen-bond acceptors (Lipinski definition) is 5. The minimum Gasteiger partial charge on any atom is -0.442 e. The van der Waals surface area contributed by atoms with Crippen molar-refractivity contribution in [1.29, 1.82) is 10.5 Å². The Balaban J connectivity index is 2.17. The van der Waals surface area contributed by atoms with Crippen molar-refractivity contribution in [1.82, 2.24) is 14.9 Å². The van der Waals surface area contributed by atoms with Crippen molar-refractivity contribution in [3.05, 3.63) is 17.7 Å². The van der Waals surface area contributed by atoms with Gasteiger partial charge in [0.25, 0.3) is 0 Å². The van der Waals surface area contributed by atoms with Gasteiger partial charge in [-0.2, -0.15) is 10.5 Å². The molecule has 0 aliphatic carbocycles. The van der Waals surface area contributed by atoms with Gasteiger partial charge in [0.2, 0.25) is 0 Å². The third-order valence-electron chi connectivity index (χ3n) is 2.20. The van der Waals surface area contributed by atoms with Crippen LogP contribution in [0.1, 0.15) is 11.4 Å². The fourth-order valence-corrected chi connectivity index (χ4v) is 1.47. The number of carbonyl (C=O) groups excluding carboxylic acids is 1. The number of ether oxygens (including phenoxy) is 1. The molecule has 2 rings (SSSR count). The number of nitrogens with one attached hydrogen (secondary N) is 1. The van der Waals surface area contributed by atoms with E-state index in [1.54, 1.807) is 0 Å². The summed E-state index contributed by atoms with van der Waals surface area (Å²) >= 11 is 0. The lowest BCUT2D eigenvalue weighted by atomic mass is 10.3. The van der Waals surface area contributed by atoms with E-state index in [0.717, 1.165) is 0 Å². The predicted molar refractivity (Wildman–Crippen MR) is 49.9 cm³/mol. The van der Waals surface area contributed by atoms with Crippen molar-refractivity contribution in [2.45, 2.75) is 12.6 Å². The second-order valence-electron chi connectivity index (χ2n) is 3.23. The largest absolute Gasteiger partial charge is 0.442 e. The summed E-state index contributed by atoms with van der Waals surface area (Å²) in [6.45, 7) is 0.708. The van der Waals surface area contributed by atoms with E-state index >= 15 is 0 Å². The first-order valence-corrected chi connectivity index (χ1v) is 4.54. The van der Waals surface area contributed by atoms with Crippen LogP contribution in [-0.2, 0) is 11.3 Å². The fourth-order valence-electron chi connectivity index (χ4n) is 1.47. The van der Waals surface area contributed by atoms with E-state index in [-0.39, 0.29) is 17.5 Å². The van der Waals surface area contributed by atoms with Gasteiger partial charge in [-0.15, -0.1) is 0 Å². The van der Waals surface area contributed by atoms with E-state index in [2.05, 4.69) is 10.3 Å². The molecule has 7 heteroatoms. The predicted octanol–water partition coefficient (Wildman–Crippen LogP) is -0.265. The number of imidazole rings is 1. The molecule has 1 fully saturated rings. The van der Waals surface area contributed by atoms with Gasteiger partial charge in [0.1, 0.15) is 18.2 Å². The first-order chi connectivity index (χ1) is 7.74. The number of nitriles is 2. The van der Waals surface area contributed by atoms with Crippen LogP contribution in [0.15, 0.2) is 6.33 Å². The monoisotopic (exact) mass is 217 g/mol. The Morgan fingerprint density at radius 3 is 3.00 bits per heavy atom. The van der Waals surface area contributed by atoms with Crippen molar-refractivity contribution < 1.29 is 9.53 Å². The molecule has 0 saturated carbocycles. The van der Waals surface area contributed by atoms with Crippen LogP contribution in [0, 0.1) is 22.7 Å². The normalized spacial score (nSPS) is 18.4. The van der Waals surface area contributed by atoms with Crippen LogP contribution in [0.4, 0.5) is 4.79 Å². The molecule has 1 aromatic heterocycles. The van der Waals surface area contributed by atoms with E-state index in [1.807, 2.05) is 12.1 Å². The molecule has 1 atom stereocenters. The highest BCUT2D eigenvalue weighted by Crippen LogP contribution is 2.09. The highest BCUT2D eigenvalue weighted by Gasteiger charge is 2.24. The first-order valence-electron chi connectivity index (χ1n) is 4.54. The molecule has 1 amide bonds. The highest BCUT2D eigenvalue weighted by molar-refractivity contribution is 5.69. The maximum atomic E-state index is 10.8. The van der Waals surface area contributed by atoms with Crippen molar-refractivity contribution in [2.24, 2.45) is 0 Å². The zero-order chi connectivity index (χ0) is 11.5. The van der Waals surface area contributed by atoms with Gasteiger partial charge < -0.3 is 14.6 Å². The molecule has 16 heavy (non-hydrogen) atoms. The minimum absolute atomic E-state index is 0.0831. The summed E-state index contributed by atoms with van der Waals surface area (Å²) in [5, 5.41) is 20.1. The zero-order valence-electron chi connectivity index (χ0n) is 8.17. The van der Waals surface area contributed by atoms with Crippen molar-refractivity contribution in [3.8, 4) is 12.1 Å². The van der Waals surface area contributed by atoms with E-state index in [4.69, 9.17) is 15.3 Å². The molecule has 1 unspecified atom stereocenters. The second kappa shape index (κ2) is 3.91. The summed E-state index contributed by atoms with van der Waals surface area (Å²) < 4.78 is 6.42. The van der Waals surface area contributed by atoms with Crippen LogP contribution < -0.4 is 5.32 Å². The van der Waals surface area contributed by atoms with Crippen LogP contribution in [-0.4, -0.2) is 28.3 Å². The minimum atomic E-state index is -0.468. The van der Waals surface area contributed by atoms with Crippen molar-refractivity contribution >= 4 is 6.09 Å².